The third-order valence-corrected chi connectivity index (χ3v) is 9.75. The third kappa shape index (κ3) is 5.65. The molecule has 1 N–H and O–H groups in total. The first-order valence-corrected chi connectivity index (χ1v) is 13.9. The molecule has 2 fully saturated rings. The van der Waals surface area contributed by atoms with E-state index in [1.807, 2.05) is 36.1 Å². The fourth-order valence-corrected chi connectivity index (χ4v) is 7.26. The molecule has 0 saturated carbocycles. The highest BCUT2D eigenvalue weighted by Gasteiger charge is 2.33. The van der Waals surface area contributed by atoms with Gasteiger partial charge in [-0.2, -0.15) is 4.31 Å². The predicted octanol–water partition coefficient (Wildman–Crippen LogP) is 3.40. The van der Waals surface area contributed by atoms with Gasteiger partial charge in [0.05, 0.1) is 5.56 Å². The van der Waals surface area contributed by atoms with E-state index in [9.17, 15) is 18.0 Å². The normalized spacial score (nSPS) is 18.3. The molecule has 0 radical (unpaired) electrons. The number of carbonyl (C=O) groups excluding carboxylic acids is 2. The van der Waals surface area contributed by atoms with E-state index >= 15 is 0 Å². The van der Waals surface area contributed by atoms with Gasteiger partial charge in [-0.1, -0.05) is 29.8 Å². The van der Waals surface area contributed by atoms with E-state index in [-0.39, 0.29) is 21.9 Å². The van der Waals surface area contributed by atoms with E-state index in [1.165, 1.54) is 10.4 Å². The van der Waals surface area contributed by atoms with Crippen LogP contribution >= 0.6 is 11.3 Å². The second-order valence-electron chi connectivity index (χ2n) is 8.89. The van der Waals surface area contributed by atoms with Crippen molar-refractivity contribution in [3.05, 3.63) is 52.4 Å². The van der Waals surface area contributed by atoms with Crippen LogP contribution in [0.25, 0.3) is 0 Å². The Kier molecular flexibility index (Phi) is 7.51. The van der Waals surface area contributed by atoms with Crippen LogP contribution < -0.4 is 5.32 Å². The Morgan fingerprint density at radius 3 is 2.48 bits per heavy atom. The van der Waals surface area contributed by atoms with Gasteiger partial charge >= 0.3 is 0 Å². The van der Waals surface area contributed by atoms with Crippen LogP contribution in [0.1, 0.15) is 53.6 Å². The molecule has 0 bridgehead atoms. The molecule has 2 aliphatic rings. The number of likely N-dealkylation sites (tertiary alicyclic amines) is 1. The first-order valence-electron chi connectivity index (χ1n) is 11.6. The number of nitrogens with one attached hydrogen (secondary N) is 1. The summed E-state index contributed by atoms with van der Waals surface area (Å²) in [7, 11) is -3.67. The minimum atomic E-state index is -3.67. The monoisotopic (exact) mass is 489 g/mol. The summed E-state index contributed by atoms with van der Waals surface area (Å²) in [5.41, 5.74) is 2.65. The summed E-state index contributed by atoms with van der Waals surface area (Å²) in [6.45, 7) is 4.56. The van der Waals surface area contributed by atoms with Crippen LogP contribution in [0.15, 0.2) is 39.9 Å². The predicted molar refractivity (Wildman–Crippen MR) is 129 cm³/mol. The number of amides is 2. The summed E-state index contributed by atoms with van der Waals surface area (Å²) in [6.07, 6.45) is 4.10. The Balaban J connectivity index is 1.32. The zero-order valence-electron chi connectivity index (χ0n) is 19.0. The Hall–Kier alpha value is -2.23. The summed E-state index contributed by atoms with van der Waals surface area (Å²) in [5.74, 6) is -0.309. The van der Waals surface area contributed by atoms with Crippen LogP contribution in [-0.4, -0.2) is 55.6 Å². The highest BCUT2D eigenvalue weighted by atomic mass is 32.2. The molecule has 0 atom stereocenters. The van der Waals surface area contributed by atoms with E-state index in [1.54, 1.807) is 5.38 Å². The second-order valence-corrected chi connectivity index (χ2v) is 12.0. The van der Waals surface area contributed by atoms with Crippen LogP contribution in [0.5, 0.6) is 0 Å². The van der Waals surface area contributed by atoms with Crippen molar-refractivity contribution in [1.29, 1.82) is 0 Å². The number of thiophene rings is 1. The van der Waals surface area contributed by atoms with Gasteiger partial charge < -0.3 is 10.2 Å². The highest BCUT2D eigenvalue weighted by molar-refractivity contribution is 7.91. The smallest absolute Gasteiger partial charge is 0.254 e. The first kappa shape index (κ1) is 23.9. The molecule has 1 aromatic carbocycles. The van der Waals surface area contributed by atoms with Crippen molar-refractivity contribution in [1.82, 2.24) is 14.5 Å². The summed E-state index contributed by atoms with van der Waals surface area (Å²) in [6, 6.07) is 9.52. The number of nitrogens with zero attached hydrogens (tertiary/aromatic N) is 2. The second kappa shape index (κ2) is 10.4. The Labute approximate surface area is 199 Å². The molecule has 7 nitrogen and oxygen atoms in total. The maximum atomic E-state index is 13.1. The molecule has 178 valence electrons. The fourth-order valence-electron chi connectivity index (χ4n) is 4.48. The zero-order chi connectivity index (χ0) is 23.4. The highest BCUT2D eigenvalue weighted by Crippen LogP contribution is 2.29. The number of piperidine rings is 2. The van der Waals surface area contributed by atoms with Crippen molar-refractivity contribution in [2.24, 2.45) is 5.92 Å². The van der Waals surface area contributed by atoms with Crippen molar-refractivity contribution in [3.63, 3.8) is 0 Å². The lowest BCUT2D eigenvalue weighted by Gasteiger charge is -2.30. The van der Waals surface area contributed by atoms with Crippen molar-refractivity contribution in [2.45, 2.75) is 49.8 Å². The minimum absolute atomic E-state index is 0.0286. The van der Waals surface area contributed by atoms with Gasteiger partial charge in [0.25, 0.3) is 15.9 Å². The maximum absolute atomic E-state index is 13.1. The lowest BCUT2D eigenvalue weighted by molar-refractivity contribution is -0.126. The molecule has 33 heavy (non-hydrogen) atoms. The van der Waals surface area contributed by atoms with Gasteiger partial charge in [-0.15, -0.1) is 11.3 Å². The topological polar surface area (TPSA) is 86.8 Å². The number of aryl methyl sites for hydroxylation is 1. The SMILES string of the molecule is Cc1cccc(CNC(=O)C2CCN(S(=O)(=O)c3cc(C(=O)N4CCCCC4)cs3)CC2)c1. The molecule has 9 heteroatoms. The van der Waals surface area contributed by atoms with E-state index in [0.717, 1.165) is 54.8 Å². The summed E-state index contributed by atoms with van der Waals surface area (Å²) in [4.78, 5) is 27.1. The van der Waals surface area contributed by atoms with Gasteiger partial charge in [0.1, 0.15) is 4.21 Å². The van der Waals surface area contributed by atoms with Gasteiger partial charge in [0, 0.05) is 44.0 Å². The van der Waals surface area contributed by atoms with E-state index in [2.05, 4.69) is 5.32 Å². The van der Waals surface area contributed by atoms with Crippen LogP contribution in [0.2, 0.25) is 0 Å². The molecule has 1 aromatic heterocycles. The Bertz CT molecular complexity index is 1100. The molecule has 4 rings (SSSR count). The Morgan fingerprint density at radius 2 is 1.79 bits per heavy atom. The molecular weight excluding hydrogens is 458 g/mol. The third-order valence-electron chi connectivity index (χ3n) is 6.43. The standard InChI is InChI=1S/C24H31N3O4S2/c1-18-6-5-7-19(14-18)16-25-23(28)20-8-12-27(13-9-20)33(30,31)22-15-21(17-32-22)24(29)26-10-3-2-4-11-26/h5-7,14-15,17,20H,2-4,8-13,16H2,1H3,(H,25,28). The maximum Gasteiger partial charge on any atom is 0.254 e. The van der Waals surface area contributed by atoms with Crippen molar-refractivity contribution < 1.29 is 18.0 Å². The lowest BCUT2D eigenvalue weighted by Crippen LogP contribution is -2.42. The molecule has 2 aromatic rings. The van der Waals surface area contributed by atoms with E-state index < -0.39 is 10.0 Å². The largest absolute Gasteiger partial charge is 0.352 e. The molecule has 0 unspecified atom stereocenters. The van der Waals surface area contributed by atoms with Crippen molar-refractivity contribution >= 4 is 33.2 Å². The number of sulfonamides is 1. The van der Waals surface area contributed by atoms with Crippen molar-refractivity contribution in [3.8, 4) is 0 Å². The number of rotatable bonds is 6. The zero-order valence-corrected chi connectivity index (χ0v) is 20.6. The number of hydrogen-bond acceptors (Lipinski definition) is 5. The van der Waals surface area contributed by atoms with Crippen LogP contribution in [0.3, 0.4) is 0 Å². The molecular formula is C24H31N3O4S2. The average Bonchev–Trinajstić information content (AvgIpc) is 3.34. The average molecular weight is 490 g/mol. The number of benzene rings is 1. The van der Waals surface area contributed by atoms with Gasteiger partial charge in [-0.05, 0) is 50.7 Å². The van der Waals surface area contributed by atoms with Gasteiger partial charge in [-0.3, -0.25) is 9.59 Å². The van der Waals surface area contributed by atoms with E-state index in [4.69, 9.17) is 0 Å². The van der Waals surface area contributed by atoms with Crippen LogP contribution in [0.4, 0.5) is 0 Å². The molecule has 0 aliphatic carbocycles. The van der Waals surface area contributed by atoms with Crippen LogP contribution in [0, 0.1) is 12.8 Å². The molecule has 0 spiro atoms. The van der Waals surface area contributed by atoms with Crippen LogP contribution in [-0.2, 0) is 21.4 Å². The molecule has 2 amide bonds. The van der Waals surface area contributed by atoms with Gasteiger partial charge in [-0.25, -0.2) is 8.42 Å². The van der Waals surface area contributed by atoms with Gasteiger partial charge in [0.15, 0.2) is 0 Å². The first-order chi connectivity index (χ1) is 15.8. The minimum Gasteiger partial charge on any atom is -0.352 e. The molecule has 2 saturated heterocycles. The number of carbonyl (C=O) groups is 2. The van der Waals surface area contributed by atoms with E-state index in [0.29, 0.717) is 38.0 Å². The quantitative estimate of drug-likeness (QED) is 0.674. The lowest BCUT2D eigenvalue weighted by atomic mass is 9.97. The molecule has 2 aliphatic heterocycles. The Morgan fingerprint density at radius 1 is 1.06 bits per heavy atom. The molecule has 3 heterocycles. The summed E-state index contributed by atoms with van der Waals surface area (Å²) < 4.78 is 27.9. The summed E-state index contributed by atoms with van der Waals surface area (Å²) >= 11 is 1.10. The fraction of sp³-hybridized carbons (Fsp3) is 0.500. The van der Waals surface area contributed by atoms with Crippen molar-refractivity contribution in [2.75, 3.05) is 26.2 Å². The number of hydrogen-bond donors (Lipinski definition) is 1. The van der Waals surface area contributed by atoms with Gasteiger partial charge in [0.2, 0.25) is 5.91 Å². The summed E-state index contributed by atoms with van der Waals surface area (Å²) in [5, 5.41) is 4.63.